The van der Waals surface area contributed by atoms with Crippen LogP contribution in [-0.2, 0) is 19.1 Å². The van der Waals surface area contributed by atoms with E-state index in [4.69, 9.17) is 22.1 Å². The van der Waals surface area contributed by atoms with Gasteiger partial charge in [0.05, 0.1) is 17.3 Å². The number of nitrogens with two attached hydrogens (primary N) is 1. The molecule has 2 heterocycles. The zero-order valence-corrected chi connectivity index (χ0v) is 21.2. The number of halogens is 1. The average molecular weight is 530 g/mol. The van der Waals surface area contributed by atoms with Crippen LogP contribution in [0.4, 0.5) is 11.4 Å². The number of carbonyl (C=O) groups excluding carboxylic acids is 4. The van der Waals surface area contributed by atoms with Gasteiger partial charge in [-0.05, 0) is 50.3 Å². The third kappa shape index (κ3) is 6.18. The Balaban J connectivity index is 1.73. The second-order valence-electron chi connectivity index (χ2n) is 8.40. The number of nitrogen functional groups attached to an aromatic ring is 1. The molecule has 0 aliphatic carbocycles. The van der Waals surface area contributed by atoms with Crippen molar-refractivity contribution in [2.75, 3.05) is 24.2 Å². The van der Waals surface area contributed by atoms with Crippen molar-refractivity contribution in [3.63, 3.8) is 0 Å². The van der Waals surface area contributed by atoms with E-state index in [2.05, 4.69) is 17.2 Å². The molecule has 3 rings (SSSR count). The van der Waals surface area contributed by atoms with E-state index in [1.807, 2.05) is 0 Å². The molecule has 196 valence electrons. The molecule has 3 amide bonds. The molecule has 1 aromatic heterocycles. The van der Waals surface area contributed by atoms with Gasteiger partial charge < -0.3 is 30.6 Å². The number of pyridine rings is 1. The molecule has 0 radical (unpaired) electrons. The highest BCUT2D eigenvalue weighted by Gasteiger charge is 2.40. The summed E-state index contributed by atoms with van der Waals surface area (Å²) in [7, 11) is 0. The van der Waals surface area contributed by atoms with Crippen LogP contribution in [0.2, 0.25) is 5.02 Å². The Morgan fingerprint density at radius 2 is 2.03 bits per heavy atom. The number of amides is 3. The Morgan fingerprint density at radius 1 is 1.30 bits per heavy atom. The monoisotopic (exact) mass is 529 g/mol. The number of likely N-dealkylation sites (tertiary alicyclic amines) is 1. The van der Waals surface area contributed by atoms with Gasteiger partial charge in [-0.1, -0.05) is 18.2 Å². The molecular weight excluding hydrogens is 502 g/mol. The first-order valence-corrected chi connectivity index (χ1v) is 11.9. The number of anilines is 2. The van der Waals surface area contributed by atoms with E-state index in [9.17, 15) is 24.0 Å². The Kier molecular flexibility index (Phi) is 8.72. The van der Waals surface area contributed by atoms with Gasteiger partial charge in [-0.2, -0.15) is 0 Å². The van der Waals surface area contributed by atoms with E-state index in [1.54, 1.807) is 6.92 Å². The van der Waals surface area contributed by atoms with E-state index < -0.39 is 47.4 Å². The Bertz CT molecular complexity index is 1290. The number of benzene rings is 1. The lowest BCUT2D eigenvalue weighted by Crippen LogP contribution is -2.43. The summed E-state index contributed by atoms with van der Waals surface area (Å²) in [5.74, 6) is -2.09. The van der Waals surface area contributed by atoms with E-state index in [1.165, 1.54) is 52.9 Å². The fraction of sp³-hybridized carbons (Fsp3) is 0.320. The predicted octanol–water partition coefficient (Wildman–Crippen LogP) is 1.73. The van der Waals surface area contributed by atoms with Crippen molar-refractivity contribution in [2.45, 2.75) is 38.4 Å². The van der Waals surface area contributed by atoms with Crippen molar-refractivity contribution in [3.8, 4) is 0 Å². The molecule has 0 spiro atoms. The first kappa shape index (κ1) is 27.5. The second kappa shape index (κ2) is 11.7. The molecule has 11 nitrogen and oxygen atoms in total. The smallest absolute Gasteiger partial charge is 0.328 e. The van der Waals surface area contributed by atoms with Crippen LogP contribution in [0.1, 0.15) is 36.7 Å². The number of nitrogens with zero attached hydrogens (tertiary/aromatic N) is 2. The molecule has 1 fully saturated rings. The summed E-state index contributed by atoms with van der Waals surface area (Å²) < 4.78 is 6.22. The van der Waals surface area contributed by atoms with Gasteiger partial charge in [0.15, 0.2) is 0 Å². The summed E-state index contributed by atoms with van der Waals surface area (Å²) in [6, 6.07) is 4.92. The number of carbonyl (C=O) groups is 4. The summed E-state index contributed by atoms with van der Waals surface area (Å²) in [5, 5.41) is 5.52. The molecular formula is C25H28ClN5O6. The van der Waals surface area contributed by atoms with E-state index in [0.717, 1.165) is 6.08 Å². The van der Waals surface area contributed by atoms with Crippen LogP contribution in [0.5, 0.6) is 0 Å². The highest BCUT2D eigenvalue weighted by Crippen LogP contribution is 2.22. The second-order valence-corrected chi connectivity index (χ2v) is 8.81. The third-order valence-electron chi connectivity index (χ3n) is 5.95. The quantitative estimate of drug-likeness (QED) is 0.267. The highest BCUT2D eigenvalue weighted by molar-refractivity contribution is 6.33. The van der Waals surface area contributed by atoms with E-state index in [-0.39, 0.29) is 35.8 Å². The molecule has 1 aliphatic rings. The van der Waals surface area contributed by atoms with Crippen LogP contribution in [0.3, 0.4) is 0 Å². The molecule has 4 N–H and O–H groups in total. The summed E-state index contributed by atoms with van der Waals surface area (Å²) in [4.78, 5) is 64.5. The lowest BCUT2D eigenvalue weighted by atomic mass is 10.1. The standard InChI is InChI=1S/C25H28ClN5O6/c1-4-21(32)31-13-16(12-20(31)25(36)37-5-2)28-22(33)14(3)30-10-6-7-19(24(30)35)29-23(34)15-8-9-18(27)17(26)11-15/h4,6-11,14,16,20H,1,5,12-13,27H2,2-3H3,(H,28,33)(H,29,34)/t14?,16-,20+/m1/s1. The minimum atomic E-state index is -0.958. The summed E-state index contributed by atoms with van der Waals surface area (Å²) >= 11 is 5.97. The fourth-order valence-electron chi connectivity index (χ4n) is 3.98. The molecule has 0 saturated carbocycles. The molecule has 12 heteroatoms. The summed E-state index contributed by atoms with van der Waals surface area (Å²) in [5.41, 5.74) is 5.55. The zero-order chi connectivity index (χ0) is 27.3. The van der Waals surface area contributed by atoms with Gasteiger partial charge in [0.2, 0.25) is 11.8 Å². The van der Waals surface area contributed by atoms with Crippen LogP contribution in [0, 0.1) is 0 Å². The summed E-state index contributed by atoms with van der Waals surface area (Å²) in [6.45, 7) is 6.87. The fourth-order valence-corrected chi connectivity index (χ4v) is 4.16. The first-order valence-electron chi connectivity index (χ1n) is 11.5. The molecule has 1 unspecified atom stereocenters. The van der Waals surface area contributed by atoms with Crippen molar-refractivity contribution in [2.24, 2.45) is 0 Å². The number of ether oxygens (including phenoxy) is 1. The van der Waals surface area contributed by atoms with Gasteiger partial charge in [0.25, 0.3) is 11.5 Å². The van der Waals surface area contributed by atoms with Crippen LogP contribution in [0.25, 0.3) is 0 Å². The minimum Gasteiger partial charge on any atom is -0.464 e. The number of rotatable bonds is 8. The first-order chi connectivity index (χ1) is 17.6. The van der Waals surface area contributed by atoms with Gasteiger partial charge in [-0.25, -0.2) is 4.79 Å². The third-order valence-corrected chi connectivity index (χ3v) is 6.27. The lowest BCUT2D eigenvalue weighted by Gasteiger charge is -2.21. The predicted molar refractivity (Wildman–Crippen MR) is 138 cm³/mol. The largest absolute Gasteiger partial charge is 0.464 e. The molecule has 3 atom stereocenters. The number of nitrogens with one attached hydrogen (secondary N) is 2. The van der Waals surface area contributed by atoms with E-state index >= 15 is 0 Å². The molecule has 2 aromatic rings. The number of esters is 1. The minimum absolute atomic E-state index is 0.0360. The lowest BCUT2D eigenvalue weighted by molar-refractivity contribution is -0.151. The van der Waals surface area contributed by atoms with E-state index in [0.29, 0.717) is 5.69 Å². The van der Waals surface area contributed by atoms with Crippen LogP contribution < -0.4 is 21.9 Å². The molecule has 1 saturated heterocycles. The zero-order valence-electron chi connectivity index (χ0n) is 20.4. The van der Waals surface area contributed by atoms with Crippen molar-refractivity contribution in [1.29, 1.82) is 0 Å². The van der Waals surface area contributed by atoms with Gasteiger partial charge in [-0.15, -0.1) is 0 Å². The topological polar surface area (TPSA) is 153 Å². The maximum Gasteiger partial charge on any atom is 0.328 e. The Morgan fingerprint density at radius 3 is 2.68 bits per heavy atom. The van der Waals surface area contributed by atoms with Crippen molar-refractivity contribution in [3.05, 3.63) is 70.1 Å². The van der Waals surface area contributed by atoms with Gasteiger partial charge >= 0.3 is 5.97 Å². The number of aromatic nitrogens is 1. The maximum absolute atomic E-state index is 13.0. The van der Waals surface area contributed by atoms with Gasteiger partial charge in [-0.3, -0.25) is 19.2 Å². The summed E-state index contributed by atoms with van der Waals surface area (Å²) in [6.07, 6.45) is 2.68. The number of hydrogen-bond acceptors (Lipinski definition) is 7. The molecule has 1 aromatic carbocycles. The van der Waals surface area contributed by atoms with Crippen molar-refractivity contribution < 1.29 is 23.9 Å². The molecule has 0 bridgehead atoms. The van der Waals surface area contributed by atoms with Gasteiger partial charge in [0.1, 0.15) is 17.8 Å². The SMILES string of the molecule is C=CC(=O)N1C[C@H](NC(=O)C(C)n2cccc(NC(=O)c3ccc(N)c(Cl)c3)c2=O)C[C@H]1C(=O)OCC. The van der Waals surface area contributed by atoms with Gasteiger partial charge in [0, 0.05) is 30.8 Å². The molecule has 1 aliphatic heterocycles. The van der Waals surface area contributed by atoms with Crippen molar-refractivity contribution >= 4 is 46.7 Å². The average Bonchev–Trinajstić information content (AvgIpc) is 3.30. The van der Waals surface area contributed by atoms with Crippen LogP contribution in [0.15, 0.2) is 54.0 Å². The van der Waals surface area contributed by atoms with Crippen LogP contribution >= 0.6 is 11.6 Å². The van der Waals surface area contributed by atoms with Crippen LogP contribution in [-0.4, -0.2) is 58.4 Å². The Hall–Kier alpha value is -4.12. The number of hydrogen-bond donors (Lipinski definition) is 3. The molecule has 37 heavy (non-hydrogen) atoms. The Labute approximate surface area is 218 Å². The normalized spacial score (nSPS) is 17.5. The highest BCUT2D eigenvalue weighted by atomic mass is 35.5. The van der Waals surface area contributed by atoms with Crippen molar-refractivity contribution in [1.82, 2.24) is 14.8 Å². The maximum atomic E-state index is 13.0.